The molecule has 1 aromatic heterocycles. The smallest absolute Gasteiger partial charge is 0.182 e. The highest BCUT2D eigenvalue weighted by Gasteiger charge is 2.07. The maximum atomic E-state index is 11.8. The molecule has 0 aliphatic carbocycles. The van der Waals surface area contributed by atoms with Gasteiger partial charge in [-0.15, -0.1) is 0 Å². The van der Waals surface area contributed by atoms with E-state index in [1.165, 1.54) is 44.9 Å². The van der Waals surface area contributed by atoms with E-state index in [0.717, 1.165) is 6.42 Å². The fraction of sp³-hybridized carbons (Fsp3) is 0.733. The zero-order chi connectivity index (χ0) is 13.2. The molecule has 0 saturated carbocycles. The van der Waals surface area contributed by atoms with Crippen LogP contribution >= 0.6 is 0 Å². The van der Waals surface area contributed by atoms with Crippen molar-refractivity contribution in [3.8, 4) is 0 Å². The second-order valence-corrected chi connectivity index (χ2v) is 5.07. The summed E-state index contributed by atoms with van der Waals surface area (Å²) in [6.45, 7) is 2.24. The summed E-state index contributed by atoms with van der Waals surface area (Å²) < 4.78 is 1.82. The highest BCUT2D eigenvalue weighted by Crippen LogP contribution is 2.11. The second kappa shape index (κ2) is 8.90. The number of rotatable bonds is 10. The van der Waals surface area contributed by atoms with Crippen LogP contribution in [0.25, 0.3) is 0 Å². The number of nitrogens with zero attached hydrogens (tertiary/aromatic N) is 2. The molecule has 1 heterocycles. The minimum Gasteiger partial charge on any atom is -0.340 e. The SMILES string of the molecule is CCCCCCCCCCC(=O)c1cn(C)cn1. The highest BCUT2D eigenvalue weighted by atomic mass is 16.1. The molecule has 3 nitrogen and oxygen atoms in total. The van der Waals surface area contributed by atoms with Gasteiger partial charge in [-0.25, -0.2) is 4.98 Å². The van der Waals surface area contributed by atoms with E-state index >= 15 is 0 Å². The third kappa shape index (κ3) is 5.99. The van der Waals surface area contributed by atoms with Gasteiger partial charge >= 0.3 is 0 Å². The van der Waals surface area contributed by atoms with Gasteiger partial charge in [0, 0.05) is 19.7 Å². The Labute approximate surface area is 111 Å². The number of Topliss-reactive ketones (excluding diaryl/α,β-unsaturated/α-hetero) is 1. The molecule has 0 fully saturated rings. The molecule has 3 heteroatoms. The molecule has 0 saturated heterocycles. The highest BCUT2D eigenvalue weighted by molar-refractivity contribution is 5.93. The Hall–Kier alpha value is -1.12. The first-order valence-corrected chi connectivity index (χ1v) is 7.25. The average molecular weight is 250 g/mol. The van der Waals surface area contributed by atoms with Crippen LogP contribution < -0.4 is 0 Å². The van der Waals surface area contributed by atoms with Gasteiger partial charge in [0.15, 0.2) is 5.78 Å². The molecule has 0 aliphatic rings. The lowest BCUT2D eigenvalue weighted by atomic mass is 10.1. The van der Waals surface area contributed by atoms with E-state index in [2.05, 4.69) is 11.9 Å². The van der Waals surface area contributed by atoms with Crippen LogP contribution in [0.3, 0.4) is 0 Å². The Balaban J connectivity index is 1.99. The van der Waals surface area contributed by atoms with Crippen LogP contribution in [-0.2, 0) is 7.05 Å². The molecule has 0 unspecified atom stereocenters. The van der Waals surface area contributed by atoms with Crippen molar-refractivity contribution in [2.75, 3.05) is 0 Å². The molecule has 0 atom stereocenters. The average Bonchev–Trinajstić information content (AvgIpc) is 2.79. The first-order valence-electron chi connectivity index (χ1n) is 7.25. The lowest BCUT2D eigenvalue weighted by Gasteiger charge is -2.00. The van der Waals surface area contributed by atoms with Crippen molar-refractivity contribution in [3.63, 3.8) is 0 Å². The van der Waals surface area contributed by atoms with E-state index in [4.69, 9.17) is 0 Å². The van der Waals surface area contributed by atoms with Gasteiger partial charge in [-0.1, -0.05) is 51.9 Å². The maximum absolute atomic E-state index is 11.8. The van der Waals surface area contributed by atoms with Gasteiger partial charge in [-0.2, -0.15) is 0 Å². The summed E-state index contributed by atoms with van der Waals surface area (Å²) in [6.07, 6.45) is 14.3. The van der Waals surface area contributed by atoms with Gasteiger partial charge in [0.1, 0.15) is 5.69 Å². The molecule has 0 N–H and O–H groups in total. The number of unbranched alkanes of at least 4 members (excludes halogenated alkanes) is 7. The number of carbonyl (C=O) groups is 1. The lowest BCUT2D eigenvalue weighted by molar-refractivity contribution is 0.0974. The Bertz CT molecular complexity index is 344. The zero-order valence-electron chi connectivity index (χ0n) is 11.8. The monoisotopic (exact) mass is 250 g/mol. The maximum Gasteiger partial charge on any atom is 0.182 e. The van der Waals surface area contributed by atoms with Crippen molar-refractivity contribution in [3.05, 3.63) is 18.2 Å². The largest absolute Gasteiger partial charge is 0.340 e. The number of ketones is 1. The molecule has 0 radical (unpaired) electrons. The molecule has 18 heavy (non-hydrogen) atoms. The van der Waals surface area contributed by atoms with Crippen LogP contribution in [-0.4, -0.2) is 15.3 Å². The molecule has 102 valence electrons. The van der Waals surface area contributed by atoms with E-state index in [9.17, 15) is 4.79 Å². The van der Waals surface area contributed by atoms with Crippen molar-refractivity contribution in [1.29, 1.82) is 0 Å². The summed E-state index contributed by atoms with van der Waals surface area (Å²) in [6, 6.07) is 0. The Kier molecular flexibility index (Phi) is 7.38. The van der Waals surface area contributed by atoms with E-state index in [-0.39, 0.29) is 5.78 Å². The first kappa shape index (κ1) is 14.9. The van der Waals surface area contributed by atoms with Crippen molar-refractivity contribution in [1.82, 2.24) is 9.55 Å². The standard InChI is InChI=1S/C15H26N2O/c1-3-4-5-6-7-8-9-10-11-15(18)14-12-17(2)13-16-14/h12-13H,3-11H2,1-2H3. The molecule has 0 amide bonds. The van der Waals surface area contributed by atoms with Crippen LogP contribution in [0.15, 0.2) is 12.5 Å². The predicted octanol–water partition coefficient (Wildman–Crippen LogP) is 4.13. The van der Waals surface area contributed by atoms with Crippen molar-refractivity contribution >= 4 is 5.78 Å². The van der Waals surface area contributed by atoms with Crippen molar-refractivity contribution in [2.45, 2.75) is 64.7 Å². The van der Waals surface area contributed by atoms with Gasteiger partial charge in [0.05, 0.1) is 6.33 Å². The van der Waals surface area contributed by atoms with E-state index in [1.807, 2.05) is 11.6 Å². The molecule has 1 aromatic rings. The minimum atomic E-state index is 0.182. The molecule has 0 bridgehead atoms. The Morgan fingerprint density at radius 2 is 1.72 bits per heavy atom. The van der Waals surface area contributed by atoms with Crippen LogP contribution in [0.2, 0.25) is 0 Å². The number of aryl methyl sites for hydroxylation is 1. The number of carbonyl (C=O) groups excluding carboxylic acids is 1. The summed E-state index contributed by atoms with van der Waals surface area (Å²) in [5.41, 5.74) is 0.612. The molecule has 0 aliphatic heterocycles. The molecule has 0 spiro atoms. The summed E-state index contributed by atoms with van der Waals surface area (Å²) in [5, 5.41) is 0. The third-order valence-electron chi connectivity index (χ3n) is 3.25. The summed E-state index contributed by atoms with van der Waals surface area (Å²) in [4.78, 5) is 15.8. The van der Waals surface area contributed by atoms with Gasteiger partial charge in [-0.05, 0) is 6.42 Å². The fourth-order valence-corrected chi connectivity index (χ4v) is 2.10. The number of hydrogen-bond donors (Lipinski definition) is 0. The van der Waals surface area contributed by atoms with Crippen molar-refractivity contribution in [2.24, 2.45) is 7.05 Å². The molecule has 1 rings (SSSR count). The Morgan fingerprint density at radius 1 is 1.11 bits per heavy atom. The topological polar surface area (TPSA) is 34.9 Å². The van der Waals surface area contributed by atoms with Crippen LogP contribution in [0.5, 0.6) is 0 Å². The van der Waals surface area contributed by atoms with Gasteiger partial charge in [0.2, 0.25) is 0 Å². The fourth-order valence-electron chi connectivity index (χ4n) is 2.10. The summed E-state index contributed by atoms with van der Waals surface area (Å²) >= 11 is 0. The summed E-state index contributed by atoms with van der Waals surface area (Å²) in [5.74, 6) is 0.182. The molecular formula is C15H26N2O. The predicted molar refractivity (Wildman–Crippen MR) is 74.8 cm³/mol. The van der Waals surface area contributed by atoms with Crippen molar-refractivity contribution < 1.29 is 4.79 Å². The quantitative estimate of drug-likeness (QED) is 0.462. The van der Waals surface area contributed by atoms with Crippen LogP contribution in [0.4, 0.5) is 0 Å². The number of imidazole rings is 1. The summed E-state index contributed by atoms with van der Waals surface area (Å²) in [7, 11) is 1.89. The molecular weight excluding hydrogens is 224 g/mol. The number of hydrogen-bond acceptors (Lipinski definition) is 2. The van der Waals surface area contributed by atoms with Crippen LogP contribution in [0, 0.1) is 0 Å². The first-order chi connectivity index (χ1) is 8.74. The second-order valence-electron chi connectivity index (χ2n) is 5.07. The minimum absolute atomic E-state index is 0.182. The number of aromatic nitrogens is 2. The van der Waals surface area contributed by atoms with Gasteiger partial charge < -0.3 is 4.57 Å². The Morgan fingerprint density at radius 3 is 2.28 bits per heavy atom. The van der Waals surface area contributed by atoms with Gasteiger partial charge in [0.25, 0.3) is 0 Å². The lowest BCUT2D eigenvalue weighted by Crippen LogP contribution is -1.99. The van der Waals surface area contributed by atoms with Gasteiger partial charge in [-0.3, -0.25) is 4.79 Å². The van der Waals surface area contributed by atoms with Crippen LogP contribution in [0.1, 0.15) is 75.2 Å². The van der Waals surface area contributed by atoms with E-state index in [0.29, 0.717) is 12.1 Å². The van der Waals surface area contributed by atoms with E-state index in [1.54, 1.807) is 12.5 Å². The normalized spacial score (nSPS) is 10.8. The zero-order valence-corrected chi connectivity index (χ0v) is 11.8. The van der Waals surface area contributed by atoms with E-state index < -0.39 is 0 Å². The third-order valence-corrected chi connectivity index (χ3v) is 3.25. The molecule has 0 aromatic carbocycles.